The zero-order valence-corrected chi connectivity index (χ0v) is 12.4. The standard InChI is InChI=1S/C16H12FN3O4/c17-13-3-1-2-4-15(13)24-8-7-19-10-18-14-9-11(20(22)23)5-6-12(14)16(19)21/h1-6,9-10H,7-8H2. The fraction of sp³-hybridized carbons (Fsp3) is 0.125. The third-order valence-electron chi connectivity index (χ3n) is 3.45. The van der Waals surface area contributed by atoms with Gasteiger partial charge in [-0.15, -0.1) is 0 Å². The van der Waals surface area contributed by atoms with Gasteiger partial charge in [0.1, 0.15) is 6.61 Å². The van der Waals surface area contributed by atoms with Crippen molar-refractivity contribution in [2.75, 3.05) is 6.61 Å². The molecule has 1 heterocycles. The highest BCUT2D eigenvalue weighted by Gasteiger charge is 2.10. The van der Waals surface area contributed by atoms with Crippen LogP contribution < -0.4 is 10.3 Å². The summed E-state index contributed by atoms with van der Waals surface area (Å²) in [5, 5.41) is 11.0. The highest BCUT2D eigenvalue weighted by Crippen LogP contribution is 2.17. The van der Waals surface area contributed by atoms with Crippen molar-refractivity contribution >= 4 is 16.6 Å². The van der Waals surface area contributed by atoms with Gasteiger partial charge in [0.25, 0.3) is 11.2 Å². The van der Waals surface area contributed by atoms with E-state index in [4.69, 9.17) is 4.74 Å². The maximum absolute atomic E-state index is 13.4. The molecular formula is C16H12FN3O4. The lowest BCUT2D eigenvalue weighted by Gasteiger charge is -2.09. The third kappa shape index (κ3) is 3.07. The maximum atomic E-state index is 13.4. The minimum absolute atomic E-state index is 0.0843. The van der Waals surface area contributed by atoms with E-state index in [1.165, 1.54) is 41.2 Å². The smallest absolute Gasteiger partial charge is 0.271 e. The van der Waals surface area contributed by atoms with Crippen molar-refractivity contribution in [1.29, 1.82) is 0 Å². The average Bonchev–Trinajstić information content (AvgIpc) is 2.58. The van der Waals surface area contributed by atoms with Crippen LogP contribution in [0.3, 0.4) is 0 Å². The Labute approximate surface area is 135 Å². The van der Waals surface area contributed by atoms with Crippen molar-refractivity contribution in [2.24, 2.45) is 0 Å². The van der Waals surface area contributed by atoms with Crippen LogP contribution in [0, 0.1) is 15.9 Å². The summed E-state index contributed by atoms with van der Waals surface area (Å²) in [5.41, 5.74) is -0.220. The van der Waals surface area contributed by atoms with E-state index in [-0.39, 0.29) is 41.1 Å². The number of hydrogen-bond donors (Lipinski definition) is 0. The van der Waals surface area contributed by atoms with Gasteiger partial charge in [-0.3, -0.25) is 19.5 Å². The van der Waals surface area contributed by atoms with Gasteiger partial charge in [-0.05, 0) is 18.2 Å². The number of nitro groups is 1. The van der Waals surface area contributed by atoms with Crippen LogP contribution in [-0.4, -0.2) is 21.1 Å². The van der Waals surface area contributed by atoms with Gasteiger partial charge in [0, 0.05) is 12.1 Å². The van der Waals surface area contributed by atoms with Gasteiger partial charge in [0.05, 0.1) is 28.7 Å². The lowest BCUT2D eigenvalue weighted by atomic mass is 10.2. The second-order valence-electron chi connectivity index (χ2n) is 4.98. The molecule has 0 unspecified atom stereocenters. The van der Waals surface area contributed by atoms with Crippen LogP contribution in [0.2, 0.25) is 0 Å². The molecule has 3 rings (SSSR count). The first-order valence-corrected chi connectivity index (χ1v) is 7.07. The Morgan fingerprint density at radius 1 is 1.25 bits per heavy atom. The van der Waals surface area contributed by atoms with Crippen molar-refractivity contribution < 1.29 is 14.1 Å². The van der Waals surface area contributed by atoms with Crippen LogP contribution >= 0.6 is 0 Å². The molecule has 24 heavy (non-hydrogen) atoms. The topological polar surface area (TPSA) is 87.3 Å². The monoisotopic (exact) mass is 329 g/mol. The molecular weight excluding hydrogens is 317 g/mol. The Morgan fingerprint density at radius 3 is 2.79 bits per heavy atom. The minimum Gasteiger partial charge on any atom is -0.489 e. The van der Waals surface area contributed by atoms with Crippen LogP contribution in [0.4, 0.5) is 10.1 Å². The normalized spacial score (nSPS) is 10.7. The van der Waals surface area contributed by atoms with Crippen LogP contribution in [0.1, 0.15) is 0 Å². The van der Waals surface area contributed by atoms with Crippen molar-refractivity contribution in [2.45, 2.75) is 6.54 Å². The summed E-state index contributed by atoms with van der Waals surface area (Å²) >= 11 is 0. The Bertz CT molecular complexity index is 971. The summed E-state index contributed by atoms with van der Waals surface area (Å²) in [6, 6.07) is 9.86. The van der Waals surface area contributed by atoms with E-state index in [2.05, 4.69) is 4.98 Å². The largest absolute Gasteiger partial charge is 0.489 e. The van der Waals surface area contributed by atoms with Gasteiger partial charge in [-0.25, -0.2) is 9.37 Å². The second-order valence-corrected chi connectivity index (χ2v) is 4.98. The zero-order valence-electron chi connectivity index (χ0n) is 12.4. The molecule has 0 aliphatic heterocycles. The highest BCUT2D eigenvalue weighted by atomic mass is 19.1. The number of nitrogens with zero attached hydrogens (tertiary/aromatic N) is 3. The summed E-state index contributed by atoms with van der Waals surface area (Å²) in [7, 11) is 0. The lowest BCUT2D eigenvalue weighted by molar-refractivity contribution is -0.384. The molecule has 0 fully saturated rings. The number of halogens is 1. The molecule has 0 radical (unpaired) electrons. The molecule has 3 aromatic rings. The predicted octanol–water partition coefficient (Wildman–Crippen LogP) is 2.52. The van der Waals surface area contributed by atoms with Crippen molar-refractivity contribution in [3.63, 3.8) is 0 Å². The van der Waals surface area contributed by atoms with E-state index < -0.39 is 10.7 Å². The number of para-hydroxylation sites is 1. The first kappa shape index (κ1) is 15.6. The molecule has 0 atom stereocenters. The summed E-state index contributed by atoms with van der Waals surface area (Å²) in [4.78, 5) is 26.6. The number of nitro benzene ring substituents is 1. The van der Waals surface area contributed by atoms with Crippen LogP contribution in [-0.2, 0) is 6.54 Å². The Morgan fingerprint density at radius 2 is 2.04 bits per heavy atom. The summed E-state index contributed by atoms with van der Waals surface area (Å²) in [5.74, 6) is -0.372. The van der Waals surface area contributed by atoms with Crippen LogP contribution in [0.5, 0.6) is 5.75 Å². The fourth-order valence-corrected chi connectivity index (χ4v) is 2.24. The van der Waals surface area contributed by atoms with Gasteiger partial charge in [0.2, 0.25) is 0 Å². The lowest BCUT2D eigenvalue weighted by Crippen LogP contribution is -2.23. The minimum atomic E-state index is -0.547. The molecule has 0 saturated heterocycles. The van der Waals surface area contributed by atoms with Gasteiger partial charge in [0.15, 0.2) is 11.6 Å². The second kappa shape index (κ2) is 6.45. The maximum Gasteiger partial charge on any atom is 0.271 e. The molecule has 0 saturated carbocycles. The Hall–Kier alpha value is -3.29. The molecule has 122 valence electrons. The number of aromatic nitrogens is 2. The first-order chi connectivity index (χ1) is 11.6. The molecule has 1 aromatic heterocycles. The SMILES string of the molecule is O=c1c2ccc([N+](=O)[O-])cc2ncn1CCOc1ccccc1F. The molecule has 0 bridgehead atoms. The van der Waals surface area contributed by atoms with E-state index in [1.807, 2.05) is 0 Å². The molecule has 0 N–H and O–H groups in total. The van der Waals surface area contributed by atoms with Crippen molar-refractivity contribution in [3.05, 3.63) is 75.1 Å². The van der Waals surface area contributed by atoms with Gasteiger partial charge < -0.3 is 4.74 Å². The number of benzene rings is 2. The van der Waals surface area contributed by atoms with Gasteiger partial charge in [-0.2, -0.15) is 0 Å². The number of non-ortho nitro benzene ring substituents is 1. The first-order valence-electron chi connectivity index (χ1n) is 7.07. The van der Waals surface area contributed by atoms with Crippen LogP contribution in [0.25, 0.3) is 10.9 Å². The fourth-order valence-electron chi connectivity index (χ4n) is 2.24. The van der Waals surface area contributed by atoms with Gasteiger partial charge >= 0.3 is 0 Å². The highest BCUT2D eigenvalue weighted by molar-refractivity contribution is 5.79. The molecule has 0 spiro atoms. The van der Waals surface area contributed by atoms with E-state index >= 15 is 0 Å². The van der Waals surface area contributed by atoms with Crippen LogP contribution in [0.15, 0.2) is 53.6 Å². The quantitative estimate of drug-likeness (QED) is 0.530. The summed E-state index contributed by atoms with van der Waals surface area (Å²) in [6.07, 6.45) is 1.29. The molecule has 7 nitrogen and oxygen atoms in total. The number of rotatable bonds is 5. The molecule has 0 aliphatic rings. The molecule has 2 aromatic carbocycles. The van der Waals surface area contributed by atoms with E-state index in [9.17, 15) is 19.3 Å². The number of hydrogen-bond acceptors (Lipinski definition) is 5. The molecule has 0 amide bonds. The number of ether oxygens (including phenoxy) is 1. The average molecular weight is 329 g/mol. The summed E-state index contributed by atoms with van der Waals surface area (Å²) in [6.45, 7) is 0.258. The predicted molar refractivity (Wildman–Crippen MR) is 84.6 cm³/mol. The van der Waals surface area contributed by atoms with E-state index in [0.29, 0.717) is 0 Å². The third-order valence-corrected chi connectivity index (χ3v) is 3.45. The van der Waals surface area contributed by atoms with E-state index in [0.717, 1.165) is 0 Å². The zero-order chi connectivity index (χ0) is 17.1. The van der Waals surface area contributed by atoms with E-state index in [1.54, 1.807) is 12.1 Å². The molecule has 8 heteroatoms. The van der Waals surface area contributed by atoms with Crippen molar-refractivity contribution in [1.82, 2.24) is 9.55 Å². The van der Waals surface area contributed by atoms with Gasteiger partial charge in [-0.1, -0.05) is 12.1 Å². The number of fused-ring (bicyclic) bond motifs is 1. The Kier molecular flexibility index (Phi) is 4.19. The van der Waals surface area contributed by atoms with Crippen molar-refractivity contribution in [3.8, 4) is 5.75 Å². The summed E-state index contributed by atoms with van der Waals surface area (Å²) < 4.78 is 20.1. The Balaban J connectivity index is 1.79. The molecule has 0 aliphatic carbocycles.